The summed E-state index contributed by atoms with van der Waals surface area (Å²) in [6, 6.07) is 5.05. The minimum absolute atomic E-state index is 0.0259. The van der Waals surface area contributed by atoms with E-state index >= 15 is 0 Å². The van der Waals surface area contributed by atoms with E-state index in [-0.39, 0.29) is 47.2 Å². The van der Waals surface area contributed by atoms with E-state index in [4.69, 9.17) is 10.5 Å². The zero-order chi connectivity index (χ0) is 24.2. The number of primary amides is 1. The van der Waals surface area contributed by atoms with Crippen LogP contribution in [0.15, 0.2) is 29.2 Å². The number of nitrogens with one attached hydrogen (secondary N) is 1. The minimum Gasteiger partial charge on any atom is -0.379 e. The fraction of sp³-hybridized carbons (Fsp3) is 0.591. The number of sulfonamides is 1. The summed E-state index contributed by atoms with van der Waals surface area (Å²) in [5, 5.41) is 2.77. The van der Waals surface area contributed by atoms with Crippen LogP contribution >= 0.6 is 0 Å². The number of ether oxygens (including phenoxy) is 1. The third-order valence-electron chi connectivity index (χ3n) is 6.13. The topological polar surface area (TPSA) is 139 Å². The predicted octanol–water partition coefficient (Wildman–Crippen LogP) is 0.186. The molecule has 3 rings (SSSR count). The summed E-state index contributed by atoms with van der Waals surface area (Å²) in [7, 11) is -3.75. The number of hydrogen-bond donors (Lipinski definition) is 2. The molecular formula is C22H32N4O6S. The van der Waals surface area contributed by atoms with Gasteiger partial charge in [-0.2, -0.15) is 4.31 Å². The first-order valence-corrected chi connectivity index (χ1v) is 12.6. The van der Waals surface area contributed by atoms with Gasteiger partial charge in [0.25, 0.3) is 5.91 Å². The first kappa shape index (κ1) is 25.1. The zero-order valence-corrected chi connectivity index (χ0v) is 19.8. The maximum Gasteiger partial charge on any atom is 0.251 e. The van der Waals surface area contributed by atoms with Crippen molar-refractivity contribution in [3.8, 4) is 0 Å². The number of nitrogens with zero attached hydrogens (tertiary/aromatic N) is 2. The number of nitrogens with two attached hydrogens (primary N) is 1. The molecule has 0 radical (unpaired) electrons. The third kappa shape index (κ3) is 5.90. The minimum atomic E-state index is -3.75. The molecule has 2 aliphatic rings. The number of morpholine rings is 1. The molecule has 0 aromatic heterocycles. The average molecular weight is 481 g/mol. The van der Waals surface area contributed by atoms with Crippen molar-refractivity contribution in [2.24, 2.45) is 17.6 Å². The van der Waals surface area contributed by atoms with Crippen LogP contribution in [0.25, 0.3) is 0 Å². The smallest absolute Gasteiger partial charge is 0.251 e. The van der Waals surface area contributed by atoms with Gasteiger partial charge in [0.05, 0.1) is 18.1 Å². The van der Waals surface area contributed by atoms with Crippen molar-refractivity contribution >= 4 is 27.7 Å². The highest BCUT2D eigenvalue weighted by atomic mass is 32.2. The molecule has 2 aliphatic heterocycles. The summed E-state index contributed by atoms with van der Waals surface area (Å²) in [6.07, 6.45) is 1.00. The number of hydrogen-bond acceptors (Lipinski definition) is 6. The fourth-order valence-corrected chi connectivity index (χ4v) is 5.51. The predicted molar refractivity (Wildman–Crippen MR) is 121 cm³/mol. The second-order valence-electron chi connectivity index (χ2n) is 8.74. The quantitative estimate of drug-likeness (QED) is 0.571. The highest BCUT2D eigenvalue weighted by Gasteiger charge is 2.33. The van der Waals surface area contributed by atoms with Crippen molar-refractivity contribution in [3.05, 3.63) is 29.8 Å². The van der Waals surface area contributed by atoms with Crippen molar-refractivity contribution in [1.82, 2.24) is 14.5 Å². The number of benzene rings is 1. The van der Waals surface area contributed by atoms with Gasteiger partial charge in [-0.1, -0.05) is 19.9 Å². The van der Waals surface area contributed by atoms with Gasteiger partial charge in [-0.15, -0.1) is 0 Å². The van der Waals surface area contributed by atoms with Crippen LogP contribution in [0.5, 0.6) is 0 Å². The van der Waals surface area contributed by atoms with Gasteiger partial charge in [-0.25, -0.2) is 8.42 Å². The Hall–Kier alpha value is -2.50. The Bertz CT molecular complexity index is 982. The maximum atomic E-state index is 13.1. The highest BCUT2D eigenvalue weighted by molar-refractivity contribution is 7.89. The molecular weight excluding hydrogens is 448 g/mol. The number of carbonyl (C=O) groups is 3. The van der Waals surface area contributed by atoms with Gasteiger partial charge in [0, 0.05) is 37.7 Å². The first-order valence-electron chi connectivity index (χ1n) is 11.2. The molecule has 2 saturated heterocycles. The van der Waals surface area contributed by atoms with Gasteiger partial charge < -0.3 is 20.7 Å². The van der Waals surface area contributed by atoms with Crippen molar-refractivity contribution in [1.29, 1.82) is 0 Å². The van der Waals surface area contributed by atoms with Crippen molar-refractivity contribution < 1.29 is 27.5 Å². The fourth-order valence-electron chi connectivity index (χ4n) is 4.05. The van der Waals surface area contributed by atoms with Crippen LogP contribution in [0, 0.1) is 11.8 Å². The molecule has 0 aliphatic carbocycles. The van der Waals surface area contributed by atoms with Gasteiger partial charge in [-0.3, -0.25) is 14.4 Å². The van der Waals surface area contributed by atoms with E-state index in [1.54, 1.807) is 4.90 Å². The number of carbonyl (C=O) groups excluding carboxylic acids is 3. The normalized spacial score (nSPS) is 19.3. The summed E-state index contributed by atoms with van der Waals surface area (Å²) in [5.41, 5.74) is 5.53. The van der Waals surface area contributed by atoms with Crippen LogP contribution in [0.1, 0.15) is 37.0 Å². The molecule has 0 bridgehead atoms. The number of rotatable bonds is 7. The van der Waals surface area contributed by atoms with Crippen LogP contribution < -0.4 is 11.1 Å². The van der Waals surface area contributed by atoms with Gasteiger partial charge in [0.15, 0.2) is 0 Å². The molecule has 11 heteroatoms. The lowest BCUT2D eigenvalue weighted by Crippen LogP contribution is -2.53. The summed E-state index contributed by atoms with van der Waals surface area (Å²) in [6.45, 7) is 5.64. The SMILES string of the molecule is CC(C)[C@H](NC(=O)c1cccc(S(=O)(=O)N2CCOCC2)c1)C(=O)N1CCC(C(N)=O)CC1. The largest absolute Gasteiger partial charge is 0.379 e. The highest BCUT2D eigenvalue weighted by Crippen LogP contribution is 2.21. The van der Waals surface area contributed by atoms with Crippen molar-refractivity contribution in [2.75, 3.05) is 39.4 Å². The summed E-state index contributed by atoms with van der Waals surface area (Å²) >= 11 is 0. The summed E-state index contributed by atoms with van der Waals surface area (Å²) in [5.74, 6) is -1.53. The molecule has 33 heavy (non-hydrogen) atoms. The molecule has 1 aromatic carbocycles. The van der Waals surface area contributed by atoms with Gasteiger partial charge in [0.2, 0.25) is 21.8 Å². The number of piperidine rings is 1. The molecule has 3 amide bonds. The van der Waals surface area contributed by atoms with E-state index in [0.717, 1.165) is 0 Å². The Kier molecular flexibility index (Phi) is 8.09. The number of amides is 3. The second-order valence-corrected chi connectivity index (χ2v) is 10.7. The van der Waals surface area contributed by atoms with Crippen molar-refractivity contribution in [3.63, 3.8) is 0 Å². The molecule has 182 valence electrons. The molecule has 0 unspecified atom stereocenters. The molecule has 0 spiro atoms. The molecule has 1 atom stereocenters. The van der Waals surface area contributed by atoms with E-state index in [2.05, 4.69) is 5.32 Å². The lowest BCUT2D eigenvalue weighted by molar-refractivity contribution is -0.137. The second kappa shape index (κ2) is 10.6. The molecule has 2 heterocycles. The zero-order valence-electron chi connectivity index (χ0n) is 19.0. The van der Waals surface area contributed by atoms with E-state index in [9.17, 15) is 22.8 Å². The van der Waals surface area contributed by atoms with E-state index < -0.39 is 22.0 Å². The van der Waals surface area contributed by atoms with Crippen molar-refractivity contribution in [2.45, 2.75) is 37.6 Å². The molecule has 3 N–H and O–H groups in total. The molecule has 2 fully saturated rings. The van der Waals surface area contributed by atoms with Crippen LogP contribution in [0.3, 0.4) is 0 Å². The van der Waals surface area contributed by atoms with Crippen LogP contribution in [0.2, 0.25) is 0 Å². The molecule has 10 nitrogen and oxygen atoms in total. The van der Waals surface area contributed by atoms with Crippen LogP contribution in [-0.4, -0.2) is 80.8 Å². The Morgan fingerprint density at radius 2 is 1.73 bits per heavy atom. The standard InChI is InChI=1S/C22H32N4O6S/c1-15(2)19(22(29)25-8-6-16(7-9-25)20(23)27)24-21(28)17-4-3-5-18(14-17)33(30,31)26-10-12-32-13-11-26/h3-5,14-16,19H,6-13H2,1-2H3,(H2,23,27)(H,24,28)/t19-/m0/s1. The lowest BCUT2D eigenvalue weighted by atomic mass is 9.94. The average Bonchev–Trinajstić information content (AvgIpc) is 2.82. The van der Waals surface area contributed by atoms with E-state index in [1.165, 1.54) is 28.6 Å². The van der Waals surface area contributed by atoms with Gasteiger partial charge >= 0.3 is 0 Å². The Labute approximate surface area is 194 Å². The van der Waals surface area contributed by atoms with E-state index in [1.807, 2.05) is 13.8 Å². The monoisotopic (exact) mass is 480 g/mol. The van der Waals surface area contributed by atoms with Gasteiger partial charge in [-0.05, 0) is 37.0 Å². The Morgan fingerprint density at radius 3 is 2.30 bits per heavy atom. The Morgan fingerprint density at radius 1 is 1.09 bits per heavy atom. The summed E-state index contributed by atoms with van der Waals surface area (Å²) in [4.78, 5) is 39.1. The molecule has 1 aromatic rings. The van der Waals surface area contributed by atoms with Crippen LogP contribution in [-0.2, 0) is 24.3 Å². The number of likely N-dealkylation sites (tertiary alicyclic amines) is 1. The molecule has 0 saturated carbocycles. The Balaban J connectivity index is 1.71. The summed E-state index contributed by atoms with van der Waals surface area (Å²) < 4.78 is 32.4. The lowest BCUT2D eigenvalue weighted by Gasteiger charge is -2.34. The van der Waals surface area contributed by atoms with Gasteiger partial charge in [0.1, 0.15) is 6.04 Å². The third-order valence-corrected chi connectivity index (χ3v) is 8.03. The first-order chi connectivity index (χ1) is 15.6. The maximum absolute atomic E-state index is 13.1. The van der Waals surface area contributed by atoms with Crippen LogP contribution in [0.4, 0.5) is 0 Å². The van der Waals surface area contributed by atoms with E-state index in [0.29, 0.717) is 39.1 Å².